The monoisotopic (exact) mass is 575 g/mol. The Morgan fingerprint density at radius 1 is 1.07 bits per heavy atom. The molecule has 0 radical (unpaired) electrons. The summed E-state index contributed by atoms with van der Waals surface area (Å²) in [6.45, 7) is 9.21. The van der Waals surface area contributed by atoms with Crippen molar-refractivity contribution in [1.82, 2.24) is 25.8 Å². The average Bonchev–Trinajstić information content (AvgIpc) is 2.91. The van der Waals surface area contributed by atoms with E-state index in [4.69, 9.17) is 12.2 Å². The number of piperazine rings is 1. The maximum absolute atomic E-state index is 15.6. The van der Waals surface area contributed by atoms with Crippen molar-refractivity contribution in [3.05, 3.63) is 46.3 Å². The quantitative estimate of drug-likeness (QED) is 0.159. The van der Waals surface area contributed by atoms with Gasteiger partial charge in [-0.15, -0.1) is 0 Å². The average molecular weight is 576 g/mol. The second kappa shape index (κ2) is 13.3. The molecule has 5 N–H and O–H groups in total. The highest BCUT2D eigenvalue weighted by Gasteiger charge is 2.39. The Morgan fingerprint density at radius 3 is 2.25 bits per heavy atom. The maximum atomic E-state index is 15.6. The Kier molecular flexibility index (Phi) is 10.0. The molecule has 1 unspecified atom stereocenters. The molecule has 0 amide bonds. The van der Waals surface area contributed by atoms with Gasteiger partial charge in [0.15, 0.2) is 5.11 Å². The molecule has 0 bridgehead atoms. The van der Waals surface area contributed by atoms with Crippen molar-refractivity contribution < 1.29 is 24.2 Å². The molecule has 4 rings (SSSR count). The van der Waals surface area contributed by atoms with E-state index >= 15 is 4.39 Å². The first-order chi connectivity index (χ1) is 19.1. The zero-order valence-corrected chi connectivity index (χ0v) is 24.3. The fourth-order valence-corrected chi connectivity index (χ4v) is 6.64. The number of carboxylic acid groups (broad SMARTS) is 2. The van der Waals surface area contributed by atoms with E-state index in [1.807, 2.05) is 0 Å². The molecular weight excluding hydrogens is 533 g/mol. The van der Waals surface area contributed by atoms with Crippen LogP contribution in [0.2, 0.25) is 0 Å². The normalized spacial score (nSPS) is 25.4. The van der Waals surface area contributed by atoms with Crippen LogP contribution in [0, 0.1) is 5.92 Å². The molecule has 1 atom stereocenters. The third kappa shape index (κ3) is 7.30. The van der Waals surface area contributed by atoms with Crippen molar-refractivity contribution in [1.29, 1.82) is 0 Å². The van der Waals surface area contributed by atoms with Crippen LogP contribution in [0.1, 0.15) is 58.8 Å². The lowest BCUT2D eigenvalue weighted by Crippen LogP contribution is -2.51. The lowest BCUT2D eigenvalue weighted by atomic mass is 9.78. The zero-order valence-electron chi connectivity index (χ0n) is 23.5. The van der Waals surface area contributed by atoms with E-state index in [0.717, 1.165) is 45.2 Å². The van der Waals surface area contributed by atoms with Gasteiger partial charge in [0, 0.05) is 56.6 Å². The van der Waals surface area contributed by atoms with Crippen molar-refractivity contribution in [2.75, 3.05) is 39.3 Å². The molecule has 40 heavy (non-hydrogen) atoms. The number of allylic oxidation sites excluding steroid dienone is 4. The maximum Gasteiger partial charge on any atom is 0.334 e. The van der Waals surface area contributed by atoms with Crippen LogP contribution < -0.4 is 16.0 Å². The van der Waals surface area contributed by atoms with Gasteiger partial charge >= 0.3 is 11.9 Å². The summed E-state index contributed by atoms with van der Waals surface area (Å²) in [6, 6.07) is 0.771. The predicted octanol–water partition coefficient (Wildman–Crippen LogP) is 3.28. The van der Waals surface area contributed by atoms with Crippen LogP contribution in [-0.4, -0.2) is 88.2 Å². The Bertz CT molecular complexity index is 1090. The van der Waals surface area contributed by atoms with Gasteiger partial charge in [-0.25, -0.2) is 14.0 Å². The molecular formula is C29H42FN5O4S. The number of nitrogens with one attached hydrogen (secondary N) is 3. The molecule has 2 aliphatic carbocycles. The highest BCUT2D eigenvalue weighted by molar-refractivity contribution is 7.80. The van der Waals surface area contributed by atoms with E-state index in [1.54, 1.807) is 19.9 Å². The van der Waals surface area contributed by atoms with Crippen molar-refractivity contribution in [3.8, 4) is 0 Å². The summed E-state index contributed by atoms with van der Waals surface area (Å²) in [5.41, 5.74) is 1.02. The van der Waals surface area contributed by atoms with E-state index in [9.17, 15) is 19.8 Å². The van der Waals surface area contributed by atoms with Gasteiger partial charge in [0.2, 0.25) is 5.79 Å². The van der Waals surface area contributed by atoms with E-state index < -0.39 is 23.6 Å². The second-order valence-electron chi connectivity index (χ2n) is 11.3. The van der Waals surface area contributed by atoms with Crippen LogP contribution in [0.4, 0.5) is 4.39 Å². The number of thiocarbonyl (C=S) groups is 1. The second-order valence-corrected chi connectivity index (χ2v) is 11.7. The third-order valence-corrected chi connectivity index (χ3v) is 8.73. The molecule has 2 heterocycles. The van der Waals surface area contributed by atoms with Crippen molar-refractivity contribution in [3.63, 3.8) is 0 Å². The molecule has 0 spiro atoms. The van der Waals surface area contributed by atoms with Gasteiger partial charge in [-0.05, 0) is 63.5 Å². The topological polar surface area (TPSA) is 117 Å². The van der Waals surface area contributed by atoms with Crippen molar-refractivity contribution in [2.45, 2.75) is 70.6 Å². The molecule has 2 aliphatic heterocycles. The van der Waals surface area contributed by atoms with E-state index in [2.05, 4.69) is 25.8 Å². The number of hydrogen-bond donors (Lipinski definition) is 5. The molecule has 1 saturated carbocycles. The van der Waals surface area contributed by atoms with Gasteiger partial charge < -0.3 is 31.1 Å². The summed E-state index contributed by atoms with van der Waals surface area (Å²) in [6.07, 6.45) is 11.9. The summed E-state index contributed by atoms with van der Waals surface area (Å²) in [7, 11) is 0. The number of rotatable bonds is 9. The summed E-state index contributed by atoms with van der Waals surface area (Å²) in [5.74, 6) is -5.41. The Morgan fingerprint density at radius 2 is 1.70 bits per heavy atom. The number of halogens is 1. The number of aliphatic carboxylic acids is 2. The van der Waals surface area contributed by atoms with Crippen LogP contribution in [0.5, 0.6) is 0 Å². The van der Waals surface area contributed by atoms with Crippen LogP contribution in [-0.2, 0) is 9.59 Å². The van der Waals surface area contributed by atoms with Crippen LogP contribution in [0.25, 0.3) is 0 Å². The van der Waals surface area contributed by atoms with Crippen LogP contribution in [0.3, 0.4) is 0 Å². The van der Waals surface area contributed by atoms with Gasteiger partial charge in [0.25, 0.3) is 0 Å². The van der Waals surface area contributed by atoms with Gasteiger partial charge in [-0.3, -0.25) is 4.90 Å². The molecule has 11 heteroatoms. The predicted molar refractivity (Wildman–Crippen MR) is 156 cm³/mol. The highest BCUT2D eigenvalue weighted by Crippen LogP contribution is 2.38. The van der Waals surface area contributed by atoms with Crippen LogP contribution in [0.15, 0.2) is 46.3 Å². The smallest absolute Gasteiger partial charge is 0.334 e. The molecule has 0 aromatic rings. The first kappa shape index (κ1) is 30.2. The highest BCUT2D eigenvalue weighted by atomic mass is 32.1. The van der Waals surface area contributed by atoms with E-state index in [-0.39, 0.29) is 22.7 Å². The molecule has 0 aromatic carbocycles. The minimum atomic E-state index is -1.96. The lowest BCUT2D eigenvalue weighted by molar-refractivity contribution is -0.133. The number of nitrogens with zero attached hydrogens (tertiary/aromatic N) is 2. The van der Waals surface area contributed by atoms with E-state index in [1.165, 1.54) is 44.3 Å². The largest absolute Gasteiger partial charge is 0.478 e. The fraction of sp³-hybridized carbons (Fsp3) is 0.621. The molecule has 220 valence electrons. The first-order valence-electron chi connectivity index (χ1n) is 14.3. The Hall–Kier alpha value is -2.76. The Labute approximate surface area is 241 Å². The number of hydrogen-bond acceptors (Lipinski definition) is 6. The molecule has 0 aromatic heterocycles. The molecule has 4 aliphatic rings. The van der Waals surface area contributed by atoms with E-state index in [0.29, 0.717) is 23.5 Å². The molecule has 9 nitrogen and oxygen atoms in total. The summed E-state index contributed by atoms with van der Waals surface area (Å²) >= 11 is 5.34. The molecule has 2 fully saturated rings. The molecule has 1 saturated heterocycles. The first-order valence-corrected chi connectivity index (χ1v) is 14.7. The summed E-state index contributed by atoms with van der Waals surface area (Å²) in [4.78, 5) is 29.1. The van der Waals surface area contributed by atoms with Gasteiger partial charge in [-0.1, -0.05) is 31.4 Å². The SMILES string of the molecule is CC1=C(C(=O)O)C(C2=CCC(F)(NC(=S)NCCCN3CCN(C4CCCCC4)CC3)C=C2)C(C(=O)O)=C(C)N1. The third-order valence-electron chi connectivity index (χ3n) is 8.49. The summed E-state index contributed by atoms with van der Waals surface area (Å²) < 4.78 is 15.6. The number of carboxylic acids is 2. The van der Waals surface area contributed by atoms with Gasteiger partial charge in [-0.2, -0.15) is 0 Å². The van der Waals surface area contributed by atoms with Crippen molar-refractivity contribution >= 4 is 29.3 Å². The minimum absolute atomic E-state index is 0.0641. The number of alkyl halides is 1. The summed E-state index contributed by atoms with van der Waals surface area (Å²) in [5, 5.41) is 28.4. The van der Waals surface area contributed by atoms with Crippen LogP contribution >= 0.6 is 12.2 Å². The zero-order chi connectivity index (χ0) is 28.9. The number of carbonyl (C=O) groups is 2. The standard InChI is InChI=1S/C29H42FN5O4S/c1-19-23(26(36)37)25(24(27(38)39)20(2)32-19)21-9-11-29(30,12-10-21)33-28(40)31-13-6-14-34-15-17-35(18-16-34)22-7-4-3-5-8-22/h9-11,22,25,32H,3-8,12-18H2,1-2H3,(H,36,37)(H,38,39)(H2,31,33,40). The lowest BCUT2D eigenvalue weighted by Gasteiger charge is -2.40. The Balaban J connectivity index is 1.23. The van der Waals surface area contributed by atoms with Gasteiger partial charge in [0.1, 0.15) is 0 Å². The van der Waals surface area contributed by atoms with Gasteiger partial charge in [0.05, 0.1) is 17.1 Å². The van der Waals surface area contributed by atoms with Crippen molar-refractivity contribution in [2.24, 2.45) is 5.92 Å². The fourth-order valence-electron chi connectivity index (χ4n) is 6.37. The number of dihydropyridines is 1. The minimum Gasteiger partial charge on any atom is -0.478 e.